The molecule has 0 radical (unpaired) electrons. The molecule has 0 N–H and O–H groups in total. The van der Waals surface area contributed by atoms with Crippen LogP contribution in [-0.2, 0) is 4.74 Å². The minimum absolute atomic E-state index is 0.350. The Balaban J connectivity index is 2.59. The lowest BCUT2D eigenvalue weighted by Crippen LogP contribution is -2.14. The van der Waals surface area contributed by atoms with Crippen LogP contribution in [0.25, 0.3) is 0 Å². The molecular formula is C12H14BrF3O2. The summed E-state index contributed by atoms with van der Waals surface area (Å²) in [6.07, 6.45) is -5.55. The van der Waals surface area contributed by atoms with Crippen LogP contribution in [0.5, 0.6) is 5.75 Å². The lowest BCUT2D eigenvalue weighted by atomic mass is 10.1. The number of hydrogen-bond acceptors (Lipinski definition) is 2. The van der Waals surface area contributed by atoms with Gasteiger partial charge in [0.2, 0.25) is 0 Å². The molecule has 2 nitrogen and oxygen atoms in total. The zero-order valence-electron chi connectivity index (χ0n) is 9.84. The summed E-state index contributed by atoms with van der Waals surface area (Å²) < 4.78 is 46.3. The fourth-order valence-corrected chi connectivity index (χ4v) is 1.95. The van der Waals surface area contributed by atoms with E-state index in [1.54, 1.807) is 24.3 Å². The molecule has 0 aliphatic heterocycles. The lowest BCUT2D eigenvalue weighted by molar-refractivity contribution is -0.148. The number of rotatable bonds is 6. The molecule has 0 heterocycles. The molecule has 0 bridgehead atoms. The van der Waals surface area contributed by atoms with Crippen molar-refractivity contribution in [2.45, 2.75) is 18.7 Å². The molecule has 0 saturated heterocycles. The molecule has 6 heteroatoms. The molecule has 1 rings (SSSR count). The van der Waals surface area contributed by atoms with Crippen molar-refractivity contribution in [2.24, 2.45) is 0 Å². The maximum absolute atomic E-state index is 12.0. The summed E-state index contributed by atoms with van der Waals surface area (Å²) in [7, 11) is 1.53. The van der Waals surface area contributed by atoms with Crippen LogP contribution < -0.4 is 4.74 Å². The first-order valence-corrected chi connectivity index (χ1v) is 6.46. The summed E-state index contributed by atoms with van der Waals surface area (Å²) in [4.78, 5) is 0. The molecule has 0 aliphatic carbocycles. The summed E-state index contributed by atoms with van der Waals surface area (Å²) >= 11 is 3.23. The molecular weight excluding hydrogens is 313 g/mol. The van der Waals surface area contributed by atoms with Gasteiger partial charge in [0.05, 0.1) is 26.2 Å². The third-order valence-electron chi connectivity index (χ3n) is 2.31. The summed E-state index contributed by atoms with van der Waals surface area (Å²) in [6.45, 7) is -0.350. The first-order chi connectivity index (χ1) is 8.46. The van der Waals surface area contributed by atoms with Crippen molar-refractivity contribution < 1.29 is 22.6 Å². The van der Waals surface area contributed by atoms with Crippen molar-refractivity contribution in [3.05, 3.63) is 29.8 Å². The number of ether oxygens (including phenoxy) is 2. The highest BCUT2D eigenvalue weighted by atomic mass is 79.9. The zero-order chi connectivity index (χ0) is 13.6. The number of hydrogen-bond donors (Lipinski definition) is 0. The van der Waals surface area contributed by atoms with Gasteiger partial charge < -0.3 is 9.47 Å². The van der Waals surface area contributed by atoms with E-state index in [9.17, 15) is 13.2 Å². The average Bonchev–Trinajstić information content (AvgIpc) is 2.33. The highest BCUT2D eigenvalue weighted by molar-refractivity contribution is 9.09. The van der Waals surface area contributed by atoms with Crippen molar-refractivity contribution in [2.75, 3.05) is 19.0 Å². The minimum Gasteiger partial charge on any atom is -0.497 e. The summed E-state index contributed by atoms with van der Waals surface area (Å²) in [5, 5.41) is 0.429. The number of alkyl halides is 4. The molecule has 0 saturated carbocycles. The van der Waals surface area contributed by atoms with E-state index in [1.165, 1.54) is 7.11 Å². The predicted octanol–water partition coefficient (Wildman–Crippen LogP) is 4.10. The van der Waals surface area contributed by atoms with Crippen molar-refractivity contribution in [3.63, 3.8) is 0 Å². The predicted molar refractivity (Wildman–Crippen MR) is 66.2 cm³/mol. The Kier molecular flexibility index (Phi) is 5.95. The molecule has 0 spiro atoms. The van der Waals surface area contributed by atoms with Gasteiger partial charge in [-0.15, -0.1) is 0 Å². The quantitative estimate of drug-likeness (QED) is 0.733. The van der Waals surface area contributed by atoms with Crippen LogP contribution in [0.1, 0.15) is 18.1 Å². The van der Waals surface area contributed by atoms with Crippen LogP contribution in [0.4, 0.5) is 13.2 Å². The summed E-state index contributed by atoms with van der Waals surface area (Å²) in [5.74, 6) is 0.651. The van der Waals surface area contributed by atoms with Crippen LogP contribution in [0.2, 0.25) is 0 Å². The largest absolute Gasteiger partial charge is 0.497 e. The third kappa shape index (κ3) is 5.27. The van der Waals surface area contributed by atoms with Gasteiger partial charge in [0.25, 0.3) is 0 Å². The molecule has 0 aliphatic rings. The number of methoxy groups -OCH3 is 1. The van der Waals surface area contributed by atoms with E-state index in [-0.39, 0.29) is 6.61 Å². The number of benzene rings is 1. The van der Waals surface area contributed by atoms with Gasteiger partial charge >= 0.3 is 6.18 Å². The maximum Gasteiger partial charge on any atom is 0.391 e. The van der Waals surface area contributed by atoms with E-state index in [4.69, 9.17) is 9.47 Å². The fraction of sp³-hybridized carbons (Fsp3) is 0.500. The van der Waals surface area contributed by atoms with E-state index < -0.39 is 18.7 Å². The first-order valence-electron chi connectivity index (χ1n) is 5.34. The number of halogens is 4. The third-order valence-corrected chi connectivity index (χ3v) is 2.90. The molecule has 1 aromatic rings. The van der Waals surface area contributed by atoms with Crippen LogP contribution in [0.15, 0.2) is 24.3 Å². The van der Waals surface area contributed by atoms with Gasteiger partial charge in [0.1, 0.15) is 5.75 Å². The monoisotopic (exact) mass is 326 g/mol. The summed E-state index contributed by atoms with van der Waals surface area (Å²) in [6, 6.07) is 7.09. The molecule has 1 atom stereocenters. The smallest absolute Gasteiger partial charge is 0.391 e. The zero-order valence-corrected chi connectivity index (χ0v) is 11.4. The second-order valence-electron chi connectivity index (χ2n) is 3.66. The van der Waals surface area contributed by atoms with Crippen LogP contribution in [0, 0.1) is 0 Å². The van der Waals surface area contributed by atoms with Crippen molar-refractivity contribution >= 4 is 15.9 Å². The SMILES string of the molecule is COc1cccc(C(CBr)OCCC(F)(F)F)c1. The Morgan fingerprint density at radius 2 is 2.06 bits per heavy atom. The molecule has 18 heavy (non-hydrogen) atoms. The van der Waals surface area contributed by atoms with E-state index in [1.807, 2.05) is 0 Å². The van der Waals surface area contributed by atoms with Gasteiger partial charge in [-0.25, -0.2) is 0 Å². The van der Waals surface area contributed by atoms with Gasteiger partial charge in [-0.2, -0.15) is 13.2 Å². The van der Waals surface area contributed by atoms with Gasteiger partial charge in [-0.3, -0.25) is 0 Å². The molecule has 0 fully saturated rings. The normalized spacial score (nSPS) is 13.4. The Labute approximate surface area is 112 Å². The molecule has 1 unspecified atom stereocenters. The Morgan fingerprint density at radius 1 is 1.33 bits per heavy atom. The van der Waals surface area contributed by atoms with Crippen LogP contribution >= 0.6 is 15.9 Å². The Bertz CT molecular complexity index is 369. The molecule has 0 amide bonds. The molecule has 0 aromatic heterocycles. The standard InChI is InChI=1S/C12H14BrF3O2/c1-17-10-4-2-3-9(7-10)11(8-13)18-6-5-12(14,15)16/h2-4,7,11H,5-6,8H2,1H3. The van der Waals surface area contributed by atoms with Crippen LogP contribution in [0.3, 0.4) is 0 Å². The van der Waals surface area contributed by atoms with Gasteiger partial charge in [-0.1, -0.05) is 28.1 Å². The van der Waals surface area contributed by atoms with Crippen molar-refractivity contribution in [1.82, 2.24) is 0 Å². The van der Waals surface area contributed by atoms with Crippen LogP contribution in [-0.4, -0.2) is 25.2 Å². The highest BCUT2D eigenvalue weighted by Crippen LogP contribution is 2.26. The second-order valence-corrected chi connectivity index (χ2v) is 4.30. The summed E-state index contributed by atoms with van der Waals surface area (Å²) in [5.41, 5.74) is 0.786. The van der Waals surface area contributed by atoms with E-state index in [0.29, 0.717) is 11.1 Å². The Hall–Kier alpha value is -0.750. The van der Waals surface area contributed by atoms with Gasteiger partial charge in [-0.05, 0) is 17.7 Å². The first kappa shape index (κ1) is 15.3. The molecule has 1 aromatic carbocycles. The van der Waals surface area contributed by atoms with E-state index >= 15 is 0 Å². The fourth-order valence-electron chi connectivity index (χ4n) is 1.39. The Morgan fingerprint density at radius 3 is 2.61 bits per heavy atom. The van der Waals surface area contributed by atoms with E-state index in [2.05, 4.69) is 15.9 Å². The topological polar surface area (TPSA) is 18.5 Å². The van der Waals surface area contributed by atoms with E-state index in [0.717, 1.165) is 5.56 Å². The molecule has 102 valence electrons. The average molecular weight is 327 g/mol. The second kappa shape index (κ2) is 6.99. The van der Waals surface area contributed by atoms with Gasteiger partial charge in [0, 0.05) is 5.33 Å². The maximum atomic E-state index is 12.0. The minimum atomic E-state index is -4.19. The van der Waals surface area contributed by atoms with Crippen molar-refractivity contribution in [3.8, 4) is 5.75 Å². The highest BCUT2D eigenvalue weighted by Gasteiger charge is 2.27. The lowest BCUT2D eigenvalue weighted by Gasteiger charge is -2.17. The van der Waals surface area contributed by atoms with Crippen molar-refractivity contribution in [1.29, 1.82) is 0 Å². The van der Waals surface area contributed by atoms with Gasteiger partial charge in [0.15, 0.2) is 0 Å².